The van der Waals surface area contributed by atoms with Gasteiger partial charge in [0, 0.05) is 57.8 Å². The number of sulfone groups is 1. The fourth-order valence-corrected chi connectivity index (χ4v) is 6.46. The monoisotopic (exact) mass is 447 g/mol. The number of carbonyl (C=O) groups is 2. The largest absolute Gasteiger partial charge is 0.340 e. The standard InChI is InChI=1S/C23H33N3O4S/c1-18(27)26-11-9-19-17-21(7-8-22(19)26)31(29,30)16-10-23(28)25-14-12-24(13-15-25)20-5-3-2-4-6-20/h7-8,17,20H,2-6,9-16H2,1H3. The smallest absolute Gasteiger partial charge is 0.223 e. The molecule has 0 bridgehead atoms. The van der Waals surface area contributed by atoms with E-state index < -0.39 is 9.84 Å². The van der Waals surface area contributed by atoms with E-state index in [9.17, 15) is 18.0 Å². The molecule has 7 nitrogen and oxygen atoms in total. The second-order valence-corrected chi connectivity index (χ2v) is 11.1. The zero-order valence-electron chi connectivity index (χ0n) is 18.4. The molecular formula is C23H33N3O4S. The molecule has 170 valence electrons. The minimum absolute atomic E-state index is 0.0163. The van der Waals surface area contributed by atoms with Gasteiger partial charge >= 0.3 is 0 Å². The van der Waals surface area contributed by atoms with Crippen molar-refractivity contribution in [2.75, 3.05) is 43.4 Å². The second-order valence-electron chi connectivity index (χ2n) is 8.99. The highest BCUT2D eigenvalue weighted by molar-refractivity contribution is 7.91. The van der Waals surface area contributed by atoms with Crippen molar-refractivity contribution in [2.24, 2.45) is 0 Å². The number of nitrogens with zero attached hydrogens (tertiary/aromatic N) is 3. The van der Waals surface area contributed by atoms with Crippen LogP contribution >= 0.6 is 0 Å². The Kier molecular flexibility index (Phi) is 6.67. The van der Waals surface area contributed by atoms with Gasteiger partial charge in [0.2, 0.25) is 11.8 Å². The van der Waals surface area contributed by atoms with E-state index in [-0.39, 0.29) is 28.9 Å². The van der Waals surface area contributed by atoms with Gasteiger partial charge in [-0.15, -0.1) is 0 Å². The zero-order chi connectivity index (χ0) is 22.0. The van der Waals surface area contributed by atoms with Gasteiger partial charge in [0.1, 0.15) is 0 Å². The second kappa shape index (κ2) is 9.28. The third-order valence-electron chi connectivity index (χ3n) is 7.03. The van der Waals surface area contributed by atoms with Crippen molar-refractivity contribution >= 4 is 27.3 Å². The minimum Gasteiger partial charge on any atom is -0.340 e. The minimum atomic E-state index is -3.54. The van der Waals surface area contributed by atoms with Crippen LogP contribution in [-0.4, -0.2) is 74.6 Å². The van der Waals surface area contributed by atoms with Crippen LogP contribution in [0.1, 0.15) is 51.0 Å². The molecule has 2 heterocycles. The molecule has 1 aromatic rings. The Morgan fingerprint density at radius 1 is 1.00 bits per heavy atom. The maximum atomic E-state index is 12.8. The molecule has 3 aliphatic rings. The highest BCUT2D eigenvalue weighted by atomic mass is 32.2. The molecule has 2 fully saturated rings. The lowest BCUT2D eigenvalue weighted by molar-refractivity contribution is -0.133. The van der Waals surface area contributed by atoms with Crippen molar-refractivity contribution in [3.8, 4) is 0 Å². The summed E-state index contributed by atoms with van der Waals surface area (Å²) in [5.74, 6) is -0.288. The maximum Gasteiger partial charge on any atom is 0.223 e. The van der Waals surface area contributed by atoms with Gasteiger partial charge in [0.05, 0.1) is 10.6 Å². The van der Waals surface area contributed by atoms with E-state index >= 15 is 0 Å². The van der Waals surface area contributed by atoms with Gasteiger partial charge in [-0.3, -0.25) is 14.5 Å². The summed E-state index contributed by atoms with van der Waals surface area (Å²) in [6.07, 6.45) is 7.14. The Hall–Kier alpha value is -1.93. The molecule has 2 aliphatic heterocycles. The molecule has 0 N–H and O–H groups in total. The molecule has 1 saturated carbocycles. The summed E-state index contributed by atoms with van der Waals surface area (Å²) in [4.78, 5) is 30.6. The maximum absolute atomic E-state index is 12.8. The summed E-state index contributed by atoms with van der Waals surface area (Å²) >= 11 is 0. The summed E-state index contributed by atoms with van der Waals surface area (Å²) in [6, 6.07) is 5.59. The van der Waals surface area contributed by atoms with Crippen molar-refractivity contribution in [2.45, 2.75) is 62.8 Å². The number of piperazine rings is 1. The SMILES string of the molecule is CC(=O)N1CCc2cc(S(=O)(=O)CCC(=O)N3CCN(C4CCCCC4)CC3)ccc21. The first-order valence-corrected chi connectivity index (χ1v) is 13.2. The normalized spacial score (nSPS) is 20.7. The summed E-state index contributed by atoms with van der Waals surface area (Å²) < 4.78 is 25.7. The van der Waals surface area contributed by atoms with Crippen LogP contribution in [0, 0.1) is 0 Å². The van der Waals surface area contributed by atoms with Crippen LogP contribution in [0.15, 0.2) is 23.1 Å². The van der Waals surface area contributed by atoms with Crippen LogP contribution in [0.2, 0.25) is 0 Å². The Labute approximate surface area is 185 Å². The van der Waals surface area contributed by atoms with Gasteiger partial charge in [0.25, 0.3) is 0 Å². The number of anilines is 1. The molecule has 1 aliphatic carbocycles. The lowest BCUT2D eigenvalue weighted by Crippen LogP contribution is -2.52. The fraction of sp³-hybridized carbons (Fsp3) is 0.652. The third kappa shape index (κ3) is 4.95. The molecule has 2 amide bonds. The number of benzene rings is 1. The summed E-state index contributed by atoms with van der Waals surface area (Å²) in [5.41, 5.74) is 1.67. The van der Waals surface area contributed by atoms with Crippen molar-refractivity contribution < 1.29 is 18.0 Å². The Bertz CT molecular complexity index is 932. The van der Waals surface area contributed by atoms with Gasteiger partial charge in [0.15, 0.2) is 9.84 Å². The molecule has 4 rings (SSSR count). The van der Waals surface area contributed by atoms with Crippen LogP contribution < -0.4 is 4.90 Å². The van der Waals surface area contributed by atoms with E-state index in [0.717, 1.165) is 24.3 Å². The van der Waals surface area contributed by atoms with E-state index in [4.69, 9.17) is 0 Å². The first-order chi connectivity index (χ1) is 14.8. The fourth-order valence-electron chi connectivity index (χ4n) is 5.18. The van der Waals surface area contributed by atoms with Crippen LogP contribution in [0.4, 0.5) is 5.69 Å². The molecule has 8 heteroatoms. The van der Waals surface area contributed by atoms with Crippen molar-refractivity contribution in [1.29, 1.82) is 0 Å². The lowest BCUT2D eigenvalue weighted by Gasteiger charge is -2.40. The van der Waals surface area contributed by atoms with Gasteiger partial charge in [-0.1, -0.05) is 19.3 Å². The number of amides is 2. The highest BCUT2D eigenvalue weighted by Gasteiger charge is 2.29. The van der Waals surface area contributed by atoms with Crippen LogP contribution in [-0.2, 0) is 25.8 Å². The van der Waals surface area contributed by atoms with Crippen molar-refractivity contribution in [3.63, 3.8) is 0 Å². The van der Waals surface area contributed by atoms with E-state index in [1.54, 1.807) is 23.1 Å². The van der Waals surface area contributed by atoms with Crippen LogP contribution in [0.25, 0.3) is 0 Å². The first kappa shape index (κ1) is 22.3. The highest BCUT2D eigenvalue weighted by Crippen LogP contribution is 2.30. The summed E-state index contributed by atoms with van der Waals surface area (Å²) in [6.45, 7) is 5.26. The van der Waals surface area contributed by atoms with E-state index in [1.165, 1.54) is 39.0 Å². The molecular weight excluding hydrogens is 414 g/mol. The summed E-state index contributed by atoms with van der Waals surface area (Å²) in [7, 11) is -3.54. The molecule has 0 atom stereocenters. The van der Waals surface area contributed by atoms with Crippen molar-refractivity contribution in [1.82, 2.24) is 9.80 Å². The predicted octanol–water partition coefficient (Wildman–Crippen LogP) is 2.24. The number of carbonyl (C=O) groups excluding carboxylic acids is 2. The third-order valence-corrected chi connectivity index (χ3v) is 8.74. The first-order valence-electron chi connectivity index (χ1n) is 11.5. The average Bonchev–Trinajstić information content (AvgIpc) is 3.22. The summed E-state index contributed by atoms with van der Waals surface area (Å²) in [5, 5.41) is 0. The van der Waals surface area contributed by atoms with Gasteiger partial charge in [-0.05, 0) is 43.0 Å². The van der Waals surface area contributed by atoms with Gasteiger partial charge < -0.3 is 9.80 Å². The van der Waals surface area contributed by atoms with E-state index in [0.29, 0.717) is 32.1 Å². The molecule has 0 aromatic heterocycles. The van der Waals surface area contributed by atoms with Crippen LogP contribution in [0.5, 0.6) is 0 Å². The Morgan fingerprint density at radius 3 is 2.39 bits per heavy atom. The number of hydrogen-bond donors (Lipinski definition) is 0. The number of fused-ring (bicyclic) bond motifs is 1. The van der Waals surface area contributed by atoms with Crippen molar-refractivity contribution in [3.05, 3.63) is 23.8 Å². The van der Waals surface area contributed by atoms with Gasteiger partial charge in [-0.2, -0.15) is 0 Å². The van der Waals surface area contributed by atoms with E-state index in [1.807, 2.05) is 4.90 Å². The molecule has 1 saturated heterocycles. The topological polar surface area (TPSA) is 78.0 Å². The zero-order valence-corrected chi connectivity index (χ0v) is 19.2. The molecule has 0 spiro atoms. The number of rotatable bonds is 5. The quantitative estimate of drug-likeness (QED) is 0.692. The predicted molar refractivity (Wildman–Crippen MR) is 120 cm³/mol. The average molecular weight is 448 g/mol. The lowest BCUT2D eigenvalue weighted by atomic mass is 9.94. The van der Waals surface area contributed by atoms with E-state index in [2.05, 4.69) is 4.90 Å². The van der Waals surface area contributed by atoms with Crippen LogP contribution in [0.3, 0.4) is 0 Å². The molecule has 1 aromatic carbocycles. The molecule has 31 heavy (non-hydrogen) atoms. The van der Waals surface area contributed by atoms with Gasteiger partial charge in [-0.25, -0.2) is 8.42 Å². The Morgan fingerprint density at radius 2 is 1.71 bits per heavy atom. The number of hydrogen-bond acceptors (Lipinski definition) is 5. The molecule has 0 unspecified atom stereocenters. The molecule has 0 radical (unpaired) electrons. The Balaban J connectivity index is 1.31.